The van der Waals surface area contributed by atoms with Crippen molar-refractivity contribution in [2.75, 3.05) is 0 Å². The van der Waals surface area contributed by atoms with E-state index in [2.05, 4.69) is 9.98 Å². The molecule has 6 nitrogen and oxygen atoms in total. The first-order valence-corrected chi connectivity index (χ1v) is 15.5. The van der Waals surface area contributed by atoms with Crippen LogP contribution >= 0.6 is 23.2 Å². The highest BCUT2D eigenvalue weighted by Crippen LogP contribution is 2.56. The van der Waals surface area contributed by atoms with Crippen molar-refractivity contribution in [3.8, 4) is 0 Å². The predicted octanol–water partition coefficient (Wildman–Crippen LogP) is 7.92. The monoisotopic (exact) mass is 618 g/mol. The van der Waals surface area contributed by atoms with Crippen molar-refractivity contribution in [3.63, 3.8) is 0 Å². The number of amides is 1. The minimum atomic E-state index is -0.613. The summed E-state index contributed by atoms with van der Waals surface area (Å²) in [5.74, 6) is -0.568. The van der Waals surface area contributed by atoms with Crippen LogP contribution in [0.2, 0.25) is 10.0 Å². The third-order valence-electron chi connectivity index (χ3n) is 8.93. The Kier molecular flexibility index (Phi) is 8.38. The van der Waals surface area contributed by atoms with Crippen LogP contribution in [0.4, 0.5) is 4.39 Å². The SMILES string of the molecule is C/C=C/N=C(/C=C/n1c(C)cc(C2CC2c2cncc(Cl)c2)c(Cl)c1=O)c1cccc(C(=O)N2C3CCCC2CC3)c1F. The molecule has 3 fully saturated rings. The third kappa shape index (κ3) is 5.73. The number of piperidine rings is 1. The fourth-order valence-corrected chi connectivity index (χ4v) is 7.19. The number of carbonyl (C=O) groups excluding carboxylic acids is 1. The van der Waals surface area contributed by atoms with Gasteiger partial charge in [0.05, 0.1) is 16.3 Å². The number of fused-ring (bicyclic) bond motifs is 2. The minimum Gasteiger partial charge on any atom is -0.333 e. The van der Waals surface area contributed by atoms with E-state index in [0.29, 0.717) is 10.7 Å². The van der Waals surface area contributed by atoms with Gasteiger partial charge in [0.2, 0.25) is 0 Å². The van der Waals surface area contributed by atoms with Crippen LogP contribution in [0.25, 0.3) is 6.20 Å². The molecule has 0 spiro atoms. The molecule has 1 aromatic carbocycles. The van der Waals surface area contributed by atoms with Gasteiger partial charge in [0.1, 0.15) is 10.8 Å². The van der Waals surface area contributed by atoms with Crippen LogP contribution in [0.3, 0.4) is 0 Å². The summed E-state index contributed by atoms with van der Waals surface area (Å²) in [5.41, 5.74) is 2.67. The van der Waals surface area contributed by atoms with Gasteiger partial charge in [-0.05, 0) is 106 Å². The van der Waals surface area contributed by atoms with E-state index < -0.39 is 5.82 Å². The molecule has 0 N–H and O–H groups in total. The molecule has 2 bridgehead atoms. The van der Waals surface area contributed by atoms with E-state index in [1.54, 1.807) is 55.1 Å². The van der Waals surface area contributed by atoms with Crippen LogP contribution in [-0.4, -0.2) is 38.2 Å². The Hall–Kier alpha value is -3.55. The summed E-state index contributed by atoms with van der Waals surface area (Å²) < 4.78 is 17.5. The summed E-state index contributed by atoms with van der Waals surface area (Å²) in [6, 6.07) is 9.01. The zero-order valence-corrected chi connectivity index (χ0v) is 25.7. The van der Waals surface area contributed by atoms with Gasteiger partial charge in [-0.3, -0.25) is 24.1 Å². The van der Waals surface area contributed by atoms with Gasteiger partial charge < -0.3 is 4.90 Å². The molecule has 3 aliphatic rings. The standard InChI is InChI=1S/C34H33Cl2FN4O2/c1-3-13-39-30(25-8-5-9-26(32(25)37)33(42)41-23-6-4-7-24(41)11-10-23)12-14-40-20(2)15-29(31(36)34(40)43)28-17-27(28)21-16-22(35)19-38-18-21/h3,5,8-9,12-16,18-19,23-24,27-28H,4,6-7,10-11,17H2,1-2H3/b13-3+,14-12+,39-30-. The minimum absolute atomic E-state index is 0.0486. The molecular weight excluding hydrogens is 586 g/mol. The average Bonchev–Trinajstić information content (AvgIpc) is 3.75. The number of rotatable bonds is 7. The summed E-state index contributed by atoms with van der Waals surface area (Å²) in [6.07, 6.45) is 15.7. The average molecular weight is 620 g/mol. The van der Waals surface area contributed by atoms with E-state index in [0.717, 1.165) is 49.7 Å². The van der Waals surface area contributed by atoms with Crippen LogP contribution in [0.1, 0.15) is 90.0 Å². The second-order valence-corrected chi connectivity index (χ2v) is 12.4. The summed E-state index contributed by atoms with van der Waals surface area (Å²) in [7, 11) is 0. The van der Waals surface area contributed by atoms with Crippen molar-refractivity contribution in [1.29, 1.82) is 0 Å². The van der Waals surface area contributed by atoms with Crippen molar-refractivity contribution in [2.45, 2.75) is 76.3 Å². The van der Waals surface area contributed by atoms with Crippen LogP contribution in [0.5, 0.6) is 0 Å². The van der Waals surface area contributed by atoms with E-state index >= 15 is 4.39 Å². The van der Waals surface area contributed by atoms with Crippen molar-refractivity contribution >= 4 is 41.0 Å². The lowest BCUT2D eigenvalue weighted by Crippen LogP contribution is -2.44. The highest BCUT2D eigenvalue weighted by atomic mass is 35.5. The molecule has 43 heavy (non-hydrogen) atoms. The highest BCUT2D eigenvalue weighted by Gasteiger charge is 2.42. The number of nitrogens with zero attached hydrogens (tertiary/aromatic N) is 4. The van der Waals surface area contributed by atoms with Gasteiger partial charge >= 0.3 is 0 Å². The quantitative estimate of drug-likeness (QED) is 0.253. The first-order chi connectivity index (χ1) is 20.8. The fourth-order valence-electron chi connectivity index (χ4n) is 6.73. The molecule has 4 unspecified atom stereocenters. The molecule has 3 aromatic rings. The van der Waals surface area contributed by atoms with Crippen molar-refractivity contribution < 1.29 is 9.18 Å². The van der Waals surface area contributed by atoms with Gasteiger partial charge in [-0.2, -0.15) is 0 Å². The zero-order valence-electron chi connectivity index (χ0n) is 24.1. The third-order valence-corrected chi connectivity index (χ3v) is 9.51. The number of pyridine rings is 2. The molecule has 6 rings (SSSR count). The number of allylic oxidation sites excluding steroid dienone is 2. The largest absolute Gasteiger partial charge is 0.333 e. The second kappa shape index (κ2) is 12.2. The van der Waals surface area contributed by atoms with Gasteiger partial charge in [-0.15, -0.1) is 0 Å². The number of aromatic nitrogens is 2. The molecular formula is C34H33Cl2FN4O2. The molecule has 2 aliphatic heterocycles. The number of aliphatic imine (C=N–C) groups is 1. The van der Waals surface area contributed by atoms with Gasteiger partial charge in [0.15, 0.2) is 0 Å². The summed E-state index contributed by atoms with van der Waals surface area (Å²) >= 11 is 12.8. The van der Waals surface area contributed by atoms with Crippen LogP contribution in [0.15, 0.2) is 70.9 Å². The first-order valence-electron chi connectivity index (χ1n) is 14.8. The number of halogens is 3. The molecule has 2 saturated heterocycles. The Bertz CT molecular complexity index is 1710. The maximum Gasteiger partial charge on any atom is 0.273 e. The Balaban J connectivity index is 1.29. The Morgan fingerprint density at radius 1 is 1.07 bits per heavy atom. The smallest absolute Gasteiger partial charge is 0.273 e. The Morgan fingerprint density at radius 2 is 1.81 bits per heavy atom. The highest BCUT2D eigenvalue weighted by molar-refractivity contribution is 6.31. The van der Waals surface area contributed by atoms with E-state index in [1.165, 1.54) is 4.57 Å². The van der Waals surface area contributed by atoms with Crippen molar-refractivity contribution in [3.05, 3.63) is 115 Å². The summed E-state index contributed by atoms with van der Waals surface area (Å²) in [6.45, 7) is 3.64. The molecule has 1 saturated carbocycles. The molecule has 4 atom stereocenters. The van der Waals surface area contributed by atoms with Crippen LogP contribution in [-0.2, 0) is 0 Å². The second-order valence-electron chi connectivity index (χ2n) is 11.6. The summed E-state index contributed by atoms with van der Waals surface area (Å²) in [4.78, 5) is 37.5. The van der Waals surface area contributed by atoms with Gasteiger partial charge in [-0.1, -0.05) is 35.3 Å². The van der Waals surface area contributed by atoms with Gasteiger partial charge in [0, 0.05) is 48.1 Å². The molecule has 0 radical (unpaired) electrons. The normalized spacial score (nSPS) is 23.5. The Labute approximate surface area is 260 Å². The molecule has 1 aliphatic carbocycles. The number of hydrogen-bond donors (Lipinski definition) is 0. The predicted molar refractivity (Wildman–Crippen MR) is 170 cm³/mol. The lowest BCUT2D eigenvalue weighted by Gasteiger charge is -2.35. The molecule has 2 aromatic heterocycles. The fraction of sp³-hybridized carbons (Fsp3) is 0.353. The molecule has 9 heteroatoms. The number of aryl methyl sites for hydroxylation is 1. The van der Waals surface area contributed by atoms with E-state index in [4.69, 9.17) is 23.2 Å². The maximum absolute atomic E-state index is 16.0. The lowest BCUT2D eigenvalue weighted by molar-refractivity contribution is 0.0590. The van der Waals surface area contributed by atoms with Crippen molar-refractivity contribution in [2.24, 2.45) is 4.99 Å². The van der Waals surface area contributed by atoms with E-state index in [-0.39, 0.29) is 57.2 Å². The number of carbonyl (C=O) groups is 1. The molecule has 1 amide bonds. The molecule has 222 valence electrons. The van der Waals surface area contributed by atoms with Crippen LogP contribution < -0.4 is 5.56 Å². The van der Waals surface area contributed by atoms with Gasteiger partial charge in [-0.25, -0.2) is 4.39 Å². The zero-order chi connectivity index (χ0) is 30.2. The van der Waals surface area contributed by atoms with Crippen LogP contribution in [0, 0.1) is 12.7 Å². The first kappa shape index (κ1) is 29.5. The summed E-state index contributed by atoms with van der Waals surface area (Å²) in [5, 5.41) is 0.728. The molecule has 4 heterocycles. The topological polar surface area (TPSA) is 67.6 Å². The van der Waals surface area contributed by atoms with E-state index in [1.807, 2.05) is 30.9 Å². The lowest BCUT2D eigenvalue weighted by atomic mass is 9.99. The maximum atomic E-state index is 16.0. The Morgan fingerprint density at radius 3 is 2.53 bits per heavy atom. The number of benzene rings is 1. The van der Waals surface area contributed by atoms with Gasteiger partial charge in [0.25, 0.3) is 11.5 Å². The van der Waals surface area contributed by atoms with Crippen molar-refractivity contribution in [1.82, 2.24) is 14.5 Å². The number of hydrogen-bond acceptors (Lipinski definition) is 4. The van der Waals surface area contributed by atoms with E-state index in [9.17, 15) is 9.59 Å².